The van der Waals surface area contributed by atoms with Crippen molar-refractivity contribution in [1.82, 2.24) is 0 Å². The Balaban J connectivity index is 3.56. The lowest BCUT2D eigenvalue weighted by molar-refractivity contribution is 0.348. The van der Waals surface area contributed by atoms with Crippen molar-refractivity contribution in [3.05, 3.63) is 0 Å². The Morgan fingerprint density at radius 1 is 1.20 bits per heavy atom. The van der Waals surface area contributed by atoms with Crippen LogP contribution in [0.4, 0.5) is 0 Å². The first-order valence-electron chi connectivity index (χ1n) is 4.16. The van der Waals surface area contributed by atoms with Gasteiger partial charge in [0.15, 0.2) is 0 Å². The van der Waals surface area contributed by atoms with E-state index in [1.807, 2.05) is 0 Å². The summed E-state index contributed by atoms with van der Waals surface area (Å²) in [6, 6.07) is 0. The van der Waals surface area contributed by atoms with Gasteiger partial charge in [0.05, 0.1) is 0 Å². The summed E-state index contributed by atoms with van der Waals surface area (Å²) in [5.41, 5.74) is 11.1. The van der Waals surface area contributed by atoms with Gasteiger partial charge in [-0.2, -0.15) is 0 Å². The van der Waals surface area contributed by atoms with Gasteiger partial charge < -0.3 is 11.5 Å². The molecule has 0 saturated carbocycles. The summed E-state index contributed by atoms with van der Waals surface area (Å²) in [5.74, 6) is 1.22. The van der Waals surface area contributed by atoms with Crippen molar-refractivity contribution in [2.45, 2.75) is 26.7 Å². The van der Waals surface area contributed by atoms with Crippen LogP contribution in [0.3, 0.4) is 0 Å². The topological polar surface area (TPSA) is 52.0 Å². The molecule has 0 aliphatic rings. The van der Waals surface area contributed by atoms with Gasteiger partial charge in [0.1, 0.15) is 0 Å². The van der Waals surface area contributed by atoms with Gasteiger partial charge in [-0.3, -0.25) is 0 Å². The Bertz CT molecular complexity index is 73.7. The molecule has 0 saturated heterocycles. The summed E-state index contributed by atoms with van der Waals surface area (Å²) >= 11 is 0. The molecule has 0 aliphatic carbocycles. The molecule has 0 heterocycles. The zero-order valence-corrected chi connectivity index (χ0v) is 7.14. The van der Waals surface area contributed by atoms with Crippen molar-refractivity contribution >= 4 is 0 Å². The molecule has 2 heteroatoms. The van der Waals surface area contributed by atoms with Crippen LogP contribution in [-0.2, 0) is 0 Å². The van der Waals surface area contributed by atoms with E-state index in [0.29, 0.717) is 11.8 Å². The van der Waals surface area contributed by atoms with Gasteiger partial charge >= 0.3 is 0 Å². The maximum Gasteiger partial charge on any atom is -0.00458 e. The molecule has 0 radical (unpaired) electrons. The van der Waals surface area contributed by atoms with E-state index in [4.69, 9.17) is 11.5 Å². The molecule has 0 rings (SSSR count). The molecule has 0 fully saturated rings. The second-order valence-corrected chi connectivity index (χ2v) is 3.00. The lowest BCUT2D eigenvalue weighted by Crippen LogP contribution is -2.26. The fourth-order valence-electron chi connectivity index (χ4n) is 1.20. The van der Waals surface area contributed by atoms with Crippen molar-refractivity contribution in [3.8, 4) is 0 Å². The normalized spacial score (nSPS) is 16.8. The van der Waals surface area contributed by atoms with E-state index in [1.54, 1.807) is 0 Å². The highest BCUT2D eigenvalue weighted by Crippen LogP contribution is 2.14. The number of rotatable bonds is 5. The molecule has 0 amide bonds. The number of nitrogens with two attached hydrogens (primary N) is 2. The number of hydrogen-bond acceptors (Lipinski definition) is 2. The second-order valence-electron chi connectivity index (χ2n) is 3.00. The summed E-state index contributed by atoms with van der Waals surface area (Å²) < 4.78 is 0. The summed E-state index contributed by atoms with van der Waals surface area (Å²) in [7, 11) is 0. The SMILES string of the molecule is CCCC(CN)C(C)CN. The van der Waals surface area contributed by atoms with Gasteiger partial charge in [-0.25, -0.2) is 0 Å². The smallest absolute Gasteiger partial charge is 0.00458 e. The molecular formula is C8H20N2. The third-order valence-electron chi connectivity index (χ3n) is 2.14. The Morgan fingerprint density at radius 3 is 2.10 bits per heavy atom. The van der Waals surface area contributed by atoms with E-state index < -0.39 is 0 Å². The van der Waals surface area contributed by atoms with Crippen LogP contribution in [0, 0.1) is 11.8 Å². The van der Waals surface area contributed by atoms with E-state index in [9.17, 15) is 0 Å². The second kappa shape index (κ2) is 5.69. The molecular weight excluding hydrogens is 124 g/mol. The van der Waals surface area contributed by atoms with Crippen LogP contribution in [0.2, 0.25) is 0 Å². The first-order valence-corrected chi connectivity index (χ1v) is 4.16. The Labute approximate surface area is 64.0 Å². The molecule has 10 heavy (non-hydrogen) atoms. The van der Waals surface area contributed by atoms with Gasteiger partial charge in [-0.15, -0.1) is 0 Å². The van der Waals surface area contributed by atoms with Crippen molar-refractivity contribution in [3.63, 3.8) is 0 Å². The van der Waals surface area contributed by atoms with Crippen LogP contribution < -0.4 is 11.5 Å². The van der Waals surface area contributed by atoms with E-state index in [1.165, 1.54) is 12.8 Å². The quantitative estimate of drug-likeness (QED) is 0.603. The van der Waals surface area contributed by atoms with Crippen molar-refractivity contribution in [2.24, 2.45) is 23.3 Å². The zero-order chi connectivity index (χ0) is 7.98. The molecule has 4 N–H and O–H groups in total. The van der Waals surface area contributed by atoms with E-state index in [-0.39, 0.29) is 0 Å². The van der Waals surface area contributed by atoms with Crippen LogP contribution in [0.1, 0.15) is 26.7 Å². The van der Waals surface area contributed by atoms with Crippen LogP contribution in [0.25, 0.3) is 0 Å². The maximum absolute atomic E-state index is 5.58. The van der Waals surface area contributed by atoms with Crippen LogP contribution in [-0.4, -0.2) is 13.1 Å². The van der Waals surface area contributed by atoms with Crippen molar-refractivity contribution in [2.75, 3.05) is 13.1 Å². The molecule has 0 aromatic heterocycles. The molecule has 0 aliphatic heterocycles. The fourth-order valence-corrected chi connectivity index (χ4v) is 1.20. The highest BCUT2D eigenvalue weighted by atomic mass is 14.6. The van der Waals surface area contributed by atoms with Gasteiger partial charge in [0.25, 0.3) is 0 Å². The third-order valence-corrected chi connectivity index (χ3v) is 2.14. The van der Waals surface area contributed by atoms with Crippen LogP contribution >= 0.6 is 0 Å². The first-order chi connectivity index (χ1) is 4.76. The fraction of sp³-hybridized carbons (Fsp3) is 1.00. The molecule has 0 bridgehead atoms. The Hall–Kier alpha value is -0.0800. The molecule has 62 valence electrons. The van der Waals surface area contributed by atoms with E-state index >= 15 is 0 Å². The maximum atomic E-state index is 5.58. The van der Waals surface area contributed by atoms with Crippen LogP contribution in [0.15, 0.2) is 0 Å². The van der Waals surface area contributed by atoms with Gasteiger partial charge in [0.2, 0.25) is 0 Å². The minimum absolute atomic E-state index is 0.588. The number of hydrogen-bond donors (Lipinski definition) is 2. The third kappa shape index (κ3) is 3.18. The van der Waals surface area contributed by atoms with Gasteiger partial charge in [-0.1, -0.05) is 20.3 Å². The summed E-state index contributed by atoms with van der Waals surface area (Å²) in [6.07, 6.45) is 2.43. The largest absolute Gasteiger partial charge is 0.330 e. The Kier molecular flexibility index (Phi) is 5.64. The lowest BCUT2D eigenvalue weighted by atomic mass is 9.90. The minimum atomic E-state index is 0.588. The standard InChI is InChI=1S/C8H20N2/c1-3-4-8(6-10)7(2)5-9/h7-8H,3-6,9-10H2,1-2H3. The van der Waals surface area contributed by atoms with Crippen molar-refractivity contribution in [1.29, 1.82) is 0 Å². The molecule has 0 aromatic carbocycles. The van der Waals surface area contributed by atoms with E-state index in [0.717, 1.165) is 13.1 Å². The van der Waals surface area contributed by atoms with Crippen LogP contribution in [0.5, 0.6) is 0 Å². The zero-order valence-electron chi connectivity index (χ0n) is 7.14. The highest BCUT2D eigenvalue weighted by molar-refractivity contribution is 4.66. The summed E-state index contributed by atoms with van der Waals surface area (Å²) in [5, 5.41) is 0. The van der Waals surface area contributed by atoms with Gasteiger partial charge in [-0.05, 0) is 31.3 Å². The molecule has 2 unspecified atom stereocenters. The predicted molar refractivity (Wildman–Crippen MR) is 45.7 cm³/mol. The predicted octanol–water partition coefficient (Wildman–Crippen LogP) is 0.956. The van der Waals surface area contributed by atoms with Crippen molar-refractivity contribution < 1.29 is 0 Å². The molecule has 0 aromatic rings. The summed E-state index contributed by atoms with van der Waals surface area (Å²) in [6.45, 7) is 5.91. The first kappa shape index (κ1) is 9.92. The molecule has 2 nitrogen and oxygen atoms in total. The molecule has 2 atom stereocenters. The van der Waals surface area contributed by atoms with E-state index in [2.05, 4.69) is 13.8 Å². The minimum Gasteiger partial charge on any atom is -0.330 e. The Morgan fingerprint density at radius 2 is 1.80 bits per heavy atom. The highest BCUT2D eigenvalue weighted by Gasteiger charge is 2.12. The lowest BCUT2D eigenvalue weighted by Gasteiger charge is -2.19. The average molecular weight is 144 g/mol. The summed E-state index contributed by atoms with van der Waals surface area (Å²) in [4.78, 5) is 0. The monoisotopic (exact) mass is 144 g/mol. The average Bonchev–Trinajstić information content (AvgIpc) is 1.99. The molecule has 0 spiro atoms. The van der Waals surface area contributed by atoms with Gasteiger partial charge in [0, 0.05) is 0 Å².